The van der Waals surface area contributed by atoms with Crippen LogP contribution in [0.25, 0.3) is 5.57 Å². The Morgan fingerprint density at radius 2 is 1.73 bits per heavy atom. The predicted octanol–water partition coefficient (Wildman–Crippen LogP) is 5.97. The number of hydrogen-bond acceptors (Lipinski definition) is 4. The lowest BCUT2D eigenvalue weighted by Crippen LogP contribution is -2.33. The third-order valence-electron chi connectivity index (χ3n) is 5.25. The molecule has 0 spiro atoms. The average Bonchev–Trinajstić information content (AvgIpc) is 3.05. The number of aryl methyl sites for hydroxylation is 1. The molecule has 1 N–H and O–H groups in total. The number of rotatable bonds is 7. The van der Waals surface area contributed by atoms with Gasteiger partial charge in [-0.2, -0.15) is 0 Å². The Kier molecular flexibility index (Phi) is 6.47. The van der Waals surface area contributed by atoms with Crippen molar-refractivity contribution in [3.8, 4) is 5.75 Å². The van der Waals surface area contributed by atoms with Gasteiger partial charge in [-0.3, -0.25) is 9.59 Å². The van der Waals surface area contributed by atoms with Crippen molar-refractivity contribution in [1.82, 2.24) is 0 Å². The van der Waals surface area contributed by atoms with E-state index in [0.29, 0.717) is 28.6 Å². The van der Waals surface area contributed by atoms with Crippen molar-refractivity contribution in [3.05, 3.63) is 94.4 Å². The van der Waals surface area contributed by atoms with Crippen LogP contribution in [0.15, 0.2) is 72.4 Å². The van der Waals surface area contributed by atoms with Gasteiger partial charge in [-0.1, -0.05) is 48.9 Å². The van der Waals surface area contributed by atoms with E-state index in [2.05, 4.69) is 5.32 Å². The molecule has 0 saturated heterocycles. The number of carbonyl (C=O) groups is 2. The third-order valence-corrected chi connectivity index (χ3v) is 5.49. The smallest absolute Gasteiger partial charge is 0.282 e. The summed E-state index contributed by atoms with van der Waals surface area (Å²) in [6, 6.07) is 17.8. The summed E-state index contributed by atoms with van der Waals surface area (Å²) in [5, 5.41) is 3.55. The number of halogens is 2. The number of anilines is 2. The van der Waals surface area contributed by atoms with E-state index in [-0.39, 0.29) is 17.0 Å². The van der Waals surface area contributed by atoms with Gasteiger partial charge < -0.3 is 10.1 Å². The van der Waals surface area contributed by atoms with E-state index in [4.69, 9.17) is 16.3 Å². The van der Waals surface area contributed by atoms with Gasteiger partial charge in [0, 0.05) is 10.7 Å². The SMILES string of the molecule is CCCOc1ccc(C2=C(Nc3cc(Cl)ccc3C)C(=O)N(c3ccccc3F)C2=O)cc1. The maximum atomic E-state index is 14.5. The van der Waals surface area contributed by atoms with Crippen LogP contribution in [0.5, 0.6) is 5.75 Å². The van der Waals surface area contributed by atoms with Crippen LogP contribution in [-0.4, -0.2) is 18.4 Å². The van der Waals surface area contributed by atoms with Crippen molar-refractivity contribution in [2.24, 2.45) is 0 Å². The van der Waals surface area contributed by atoms with E-state index >= 15 is 0 Å². The standard InChI is InChI=1S/C26H22ClFN2O3/c1-3-14-33-19-12-9-17(10-13-19)23-24(29-21-15-18(27)11-8-16(21)2)26(32)30(25(23)31)22-7-5-4-6-20(22)28/h4-13,15,29H,3,14H2,1-2H3. The Labute approximate surface area is 196 Å². The maximum Gasteiger partial charge on any atom is 0.282 e. The molecule has 5 nitrogen and oxygen atoms in total. The summed E-state index contributed by atoms with van der Waals surface area (Å²) in [4.78, 5) is 27.7. The van der Waals surface area contributed by atoms with Crippen LogP contribution >= 0.6 is 11.6 Å². The van der Waals surface area contributed by atoms with Gasteiger partial charge in [-0.25, -0.2) is 9.29 Å². The topological polar surface area (TPSA) is 58.6 Å². The van der Waals surface area contributed by atoms with Crippen LogP contribution in [0, 0.1) is 12.7 Å². The van der Waals surface area contributed by atoms with Crippen molar-refractivity contribution in [1.29, 1.82) is 0 Å². The monoisotopic (exact) mass is 464 g/mol. The Morgan fingerprint density at radius 1 is 1.00 bits per heavy atom. The summed E-state index contributed by atoms with van der Waals surface area (Å²) in [5.74, 6) is -1.27. The number of carbonyl (C=O) groups excluding carboxylic acids is 2. The fourth-order valence-electron chi connectivity index (χ4n) is 3.57. The first-order valence-corrected chi connectivity index (χ1v) is 10.9. The van der Waals surface area contributed by atoms with Crippen LogP contribution in [-0.2, 0) is 9.59 Å². The molecular formula is C26H22ClFN2O3. The summed E-state index contributed by atoms with van der Waals surface area (Å²) in [6.45, 7) is 4.44. The first-order chi connectivity index (χ1) is 15.9. The van der Waals surface area contributed by atoms with E-state index in [1.165, 1.54) is 18.2 Å². The molecule has 0 atom stereocenters. The molecule has 2 amide bonds. The molecule has 0 saturated carbocycles. The lowest BCUT2D eigenvalue weighted by Gasteiger charge is -2.16. The highest BCUT2D eigenvalue weighted by Gasteiger charge is 2.41. The van der Waals surface area contributed by atoms with E-state index in [1.54, 1.807) is 48.5 Å². The van der Waals surface area contributed by atoms with Crippen molar-refractivity contribution >= 4 is 40.4 Å². The molecule has 0 fully saturated rings. The minimum atomic E-state index is -0.665. The van der Waals surface area contributed by atoms with E-state index in [1.807, 2.05) is 13.8 Å². The molecule has 4 rings (SSSR count). The largest absolute Gasteiger partial charge is 0.494 e. The molecule has 0 unspecified atom stereocenters. The van der Waals surface area contributed by atoms with Crippen molar-refractivity contribution < 1.29 is 18.7 Å². The van der Waals surface area contributed by atoms with E-state index in [9.17, 15) is 14.0 Å². The summed E-state index contributed by atoms with van der Waals surface area (Å²) < 4.78 is 20.2. The van der Waals surface area contributed by atoms with Crippen LogP contribution in [0.4, 0.5) is 15.8 Å². The number of ether oxygens (including phenoxy) is 1. The highest BCUT2D eigenvalue weighted by atomic mass is 35.5. The molecule has 3 aromatic rings. The van der Waals surface area contributed by atoms with Gasteiger partial charge in [0.15, 0.2) is 0 Å². The van der Waals surface area contributed by atoms with Gasteiger partial charge in [0.25, 0.3) is 11.8 Å². The molecule has 0 bridgehead atoms. The molecule has 7 heteroatoms. The average molecular weight is 465 g/mol. The molecule has 0 aromatic heterocycles. The van der Waals surface area contributed by atoms with Gasteiger partial charge in [0.2, 0.25) is 0 Å². The van der Waals surface area contributed by atoms with Crippen LogP contribution in [0.1, 0.15) is 24.5 Å². The molecule has 168 valence electrons. The summed E-state index contributed by atoms with van der Waals surface area (Å²) >= 11 is 6.14. The quantitative estimate of drug-likeness (QED) is 0.437. The van der Waals surface area contributed by atoms with Gasteiger partial charge in [0.1, 0.15) is 17.3 Å². The fraction of sp³-hybridized carbons (Fsp3) is 0.154. The Morgan fingerprint density at radius 3 is 2.42 bits per heavy atom. The van der Waals surface area contributed by atoms with Crippen LogP contribution in [0.2, 0.25) is 5.02 Å². The van der Waals surface area contributed by atoms with Gasteiger partial charge in [-0.05, 0) is 60.9 Å². The zero-order valence-corrected chi connectivity index (χ0v) is 18.9. The number of amides is 2. The minimum Gasteiger partial charge on any atom is -0.494 e. The Hall–Kier alpha value is -3.64. The molecule has 1 aliphatic heterocycles. The number of para-hydroxylation sites is 1. The zero-order chi connectivity index (χ0) is 23.5. The summed E-state index contributed by atoms with van der Waals surface area (Å²) in [6.07, 6.45) is 0.866. The van der Waals surface area contributed by atoms with E-state index < -0.39 is 17.6 Å². The molecule has 0 aliphatic carbocycles. The van der Waals surface area contributed by atoms with Crippen molar-refractivity contribution in [2.45, 2.75) is 20.3 Å². The van der Waals surface area contributed by atoms with E-state index in [0.717, 1.165) is 16.9 Å². The highest BCUT2D eigenvalue weighted by Crippen LogP contribution is 2.36. The number of hydrogen-bond donors (Lipinski definition) is 1. The van der Waals surface area contributed by atoms with Crippen molar-refractivity contribution in [2.75, 3.05) is 16.8 Å². The van der Waals surface area contributed by atoms with Crippen molar-refractivity contribution in [3.63, 3.8) is 0 Å². The maximum absolute atomic E-state index is 14.5. The summed E-state index contributed by atoms with van der Waals surface area (Å²) in [7, 11) is 0. The lowest BCUT2D eigenvalue weighted by molar-refractivity contribution is -0.120. The molecule has 1 aliphatic rings. The normalized spacial score (nSPS) is 13.6. The van der Waals surface area contributed by atoms with Gasteiger partial charge in [-0.15, -0.1) is 0 Å². The molecule has 33 heavy (non-hydrogen) atoms. The van der Waals surface area contributed by atoms with Gasteiger partial charge in [0.05, 0.1) is 17.9 Å². The fourth-order valence-corrected chi connectivity index (χ4v) is 3.74. The Bertz CT molecular complexity index is 1250. The number of benzene rings is 3. The second kappa shape index (κ2) is 9.46. The molecule has 1 heterocycles. The van der Waals surface area contributed by atoms with Crippen LogP contribution < -0.4 is 15.0 Å². The molecule has 3 aromatic carbocycles. The minimum absolute atomic E-state index is 0.0517. The molecular weight excluding hydrogens is 443 g/mol. The zero-order valence-electron chi connectivity index (χ0n) is 18.2. The number of imide groups is 1. The second-order valence-electron chi connectivity index (χ2n) is 7.60. The highest BCUT2D eigenvalue weighted by molar-refractivity contribution is 6.46. The molecule has 0 radical (unpaired) electrons. The number of nitrogens with zero attached hydrogens (tertiary/aromatic N) is 1. The first-order valence-electron chi connectivity index (χ1n) is 10.5. The summed E-state index contributed by atoms with van der Waals surface area (Å²) in [5.41, 5.74) is 2.01. The lowest BCUT2D eigenvalue weighted by atomic mass is 10.0. The van der Waals surface area contributed by atoms with Gasteiger partial charge >= 0.3 is 0 Å². The van der Waals surface area contributed by atoms with Crippen LogP contribution in [0.3, 0.4) is 0 Å². The first kappa shape index (κ1) is 22.6. The Balaban J connectivity index is 1.81. The predicted molar refractivity (Wildman–Crippen MR) is 128 cm³/mol. The second-order valence-corrected chi connectivity index (χ2v) is 8.04. The number of nitrogens with one attached hydrogen (secondary N) is 1. The third kappa shape index (κ3) is 4.47.